The van der Waals surface area contributed by atoms with Crippen molar-refractivity contribution >= 4 is 12.0 Å². The summed E-state index contributed by atoms with van der Waals surface area (Å²) in [6, 6.07) is 0.249. The summed E-state index contributed by atoms with van der Waals surface area (Å²) in [6.45, 7) is 4.33. The van der Waals surface area contributed by atoms with Crippen molar-refractivity contribution in [3.8, 4) is 0 Å². The van der Waals surface area contributed by atoms with Crippen LogP contribution in [0.1, 0.15) is 58.8 Å². The molecule has 2 fully saturated rings. The number of rotatable bonds is 6. The molecule has 2 amide bonds. The van der Waals surface area contributed by atoms with Gasteiger partial charge in [-0.3, -0.25) is 4.79 Å². The molecule has 0 heterocycles. The number of aliphatic carboxylic acids is 1. The van der Waals surface area contributed by atoms with Crippen molar-refractivity contribution in [1.29, 1.82) is 0 Å². The molecule has 6 nitrogen and oxygen atoms in total. The van der Waals surface area contributed by atoms with Crippen LogP contribution in [-0.4, -0.2) is 54.4 Å². The van der Waals surface area contributed by atoms with Crippen LogP contribution in [0.2, 0.25) is 0 Å². The van der Waals surface area contributed by atoms with E-state index < -0.39 is 5.97 Å². The van der Waals surface area contributed by atoms with Gasteiger partial charge in [-0.25, -0.2) is 4.79 Å². The van der Waals surface area contributed by atoms with Gasteiger partial charge < -0.3 is 20.1 Å². The molecule has 0 aliphatic heterocycles. The maximum absolute atomic E-state index is 12.6. The smallest absolute Gasteiger partial charge is 0.317 e. The number of ether oxygens (including phenoxy) is 1. The number of carboxylic acids is 1. The van der Waals surface area contributed by atoms with Crippen LogP contribution < -0.4 is 5.32 Å². The monoisotopic (exact) mass is 340 g/mol. The van der Waals surface area contributed by atoms with Gasteiger partial charge >= 0.3 is 12.0 Å². The molecule has 2 unspecified atom stereocenters. The average Bonchev–Trinajstić information content (AvgIpc) is 2.56. The van der Waals surface area contributed by atoms with E-state index in [2.05, 4.69) is 19.2 Å². The molecule has 0 aromatic rings. The molecule has 138 valence electrons. The second kappa shape index (κ2) is 7.72. The average molecular weight is 340 g/mol. The Morgan fingerprint density at radius 2 is 1.79 bits per heavy atom. The van der Waals surface area contributed by atoms with Gasteiger partial charge in [0.05, 0.1) is 12.0 Å². The molecule has 2 aliphatic rings. The molecule has 0 saturated heterocycles. The third kappa shape index (κ3) is 3.39. The summed E-state index contributed by atoms with van der Waals surface area (Å²) >= 11 is 0. The first-order chi connectivity index (χ1) is 11.4. The van der Waals surface area contributed by atoms with Crippen molar-refractivity contribution in [2.75, 3.05) is 14.2 Å². The largest absolute Gasteiger partial charge is 0.481 e. The molecule has 0 bridgehead atoms. The second-order valence-electron chi connectivity index (χ2n) is 7.36. The van der Waals surface area contributed by atoms with Gasteiger partial charge in [0.1, 0.15) is 0 Å². The number of carbonyl (C=O) groups is 2. The Morgan fingerprint density at radius 1 is 1.21 bits per heavy atom. The quantitative estimate of drug-likeness (QED) is 0.779. The van der Waals surface area contributed by atoms with E-state index in [4.69, 9.17) is 9.84 Å². The lowest BCUT2D eigenvalue weighted by Crippen LogP contribution is -2.65. The van der Waals surface area contributed by atoms with Crippen LogP contribution in [0.3, 0.4) is 0 Å². The second-order valence-corrected chi connectivity index (χ2v) is 7.36. The van der Waals surface area contributed by atoms with Crippen LogP contribution >= 0.6 is 0 Å². The van der Waals surface area contributed by atoms with E-state index in [1.54, 1.807) is 7.11 Å². The molecule has 0 spiro atoms. The topological polar surface area (TPSA) is 78.9 Å². The highest BCUT2D eigenvalue weighted by Gasteiger charge is 2.55. The van der Waals surface area contributed by atoms with E-state index in [0.717, 1.165) is 32.1 Å². The maximum Gasteiger partial charge on any atom is 0.317 e. The Bertz CT molecular complexity index is 456. The highest BCUT2D eigenvalue weighted by molar-refractivity contribution is 5.75. The fourth-order valence-electron chi connectivity index (χ4n) is 4.68. The van der Waals surface area contributed by atoms with Gasteiger partial charge in [-0.1, -0.05) is 13.8 Å². The lowest BCUT2D eigenvalue weighted by atomic mass is 9.58. The molecular weight excluding hydrogens is 308 g/mol. The van der Waals surface area contributed by atoms with E-state index in [1.165, 1.54) is 0 Å². The fraction of sp³-hybridized carbons (Fsp3) is 0.889. The summed E-state index contributed by atoms with van der Waals surface area (Å²) in [4.78, 5) is 25.5. The van der Waals surface area contributed by atoms with Crippen LogP contribution in [0.4, 0.5) is 4.79 Å². The first-order valence-corrected chi connectivity index (χ1v) is 9.18. The lowest BCUT2D eigenvalue weighted by Gasteiger charge is -2.57. The Balaban J connectivity index is 1.90. The zero-order valence-corrected chi connectivity index (χ0v) is 15.4. The summed E-state index contributed by atoms with van der Waals surface area (Å²) < 4.78 is 5.61. The summed E-state index contributed by atoms with van der Waals surface area (Å²) in [5.41, 5.74) is 0.0435. The van der Waals surface area contributed by atoms with Gasteiger partial charge in [0.2, 0.25) is 0 Å². The van der Waals surface area contributed by atoms with Crippen molar-refractivity contribution in [3.63, 3.8) is 0 Å². The third-order valence-corrected chi connectivity index (χ3v) is 6.54. The Morgan fingerprint density at radius 3 is 2.25 bits per heavy atom. The standard InChI is InChI=1S/C18H32N2O4/c1-5-18(6-2)14(11-15(18)24-4)20(3)17(23)19-13-9-7-12(8-10-13)16(21)22/h12-15H,5-11H2,1-4H3,(H,19,23)(H,21,22). The molecule has 0 radical (unpaired) electrons. The van der Waals surface area contributed by atoms with Crippen molar-refractivity contribution in [1.82, 2.24) is 10.2 Å². The highest BCUT2D eigenvalue weighted by atomic mass is 16.5. The van der Waals surface area contributed by atoms with E-state index in [-0.39, 0.29) is 35.6 Å². The van der Waals surface area contributed by atoms with Crippen molar-refractivity contribution in [3.05, 3.63) is 0 Å². The van der Waals surface area contributed by atoms with Gasteiger partial charge in [0, 0.05) is 31.7 Å². The summed E-state index contributed by atoms with van der Waals surface area (Å²) in [5.74, 6) is -0.967. The minimum Gasteiger partial charge on any atom is -0.481 e. The molecule has 6 heteroatoms. The van der Waals surface area contributed by atoms with Gasteiger partial charge in [0.15, 0.2) is 0 Å². The minimum atomic E-state index is -0.715. The van der Waals surface area contributed by atoms with Crippen molar-refractivity contribution in [2.45, 2.75) is 77.0 Å². The van der Waals surface area contributed by atoms with Crippen LogP contribution in [0.5, 0.6) is 0 Å². The molecule has 0 aromatic heterocycles. The number of amides is 2. The Kier molecular flexibility index (Phi) is 6.12. The number of methoxy groups -OCH3 is 1. The van der Waals surface area contributed by atoms with E-state index in [0.29, 0.717) is 12.8 Å². The zero-order valence-electron chi connectivity index (χ0n) is 15.4. The van der Waals surface area contributed by atoms with Crippen molar-refractivity contribution in [2.24, 2.45) is 11.3 Å². The van der Waals surface area contributed by atoms with Gasteiger partial charge in [-0.05, 0) is 44.9 Å². The SMILES string of the molecule is CCC1(CC)C(OC)CC1N(C)C(=O)NC1CCC(C(=O)O)CC1. The maximum atomic E-state index is 12.6. The predicted octanol–water partition coefficient (Wildman–Crippen LogP) is 2.86. The van der Waals surface area contributed by atoms with E-state index in [9.17, 15) is 9.59 Å². The molecule has 2 aliphatic carbocycles. The number of nitrogens with zero attached hydrogens (tertiary/aromatic N) is 1. The summed E-state index contributed by atoms with van der Waals surface area (Å²) in [5, 5.41) is 12.2. The molecular formula is C18H32N2O4. The predicted molar refractivity (Wildman–Crippen MR) is 91.9 cm³/mol. The molecule has 2 N–H and O–H groups in total. The minimum absolute atomic E-state index is 0.0420. The molecule has 2 rings (SSSR count). The van der Waals surface area contributed by atoms with E-state index in [1.807, 2.05) is 11.9 Å². The van der Waals surface area contributed by atoms with Gasteiger partial charge in [-0.2, -0.15) is 0 Å². The number of carbonyl (C=O) groups excluding carboxylic acids is 1. The number of hydrogen-bond donors (Lipinski definition) is 2. The Labute approximate surface area is 144 Å². The van der Waals surface area contributed by atoms with Crippen LogP contribution in [-0.2, 0) is 9.53 Å². The Hall–Kier alpha value is -1.30. The third-order valence-electron chi connectivity index (χ3n) is 6.54. The van der Waals surface area contributed by atoms with Gasteiger partial charge in [-0.15, -0.1) is 0 Å². The van der Waals surface area contributed by atoms with E-state index >= 15 is 0 Å². The number of hydrogen-bond acceptors (Lipinski definition) is 3. The van der Waals surface area contributed by atoms with Gasteiger partial charge in [0.25, 0.3) is 0 Å². The van der Waals surface area contributed by atoms with Crippen LogP contribution in [0, 0.1) is 11.3 Å². The summed E-state index contributed by atoms with van der Waals surface area (Å²) in [7, 11) is 3.62. The first-order valence-electron chi connectivity index (χ1n) is 9.18. The summed E-state index contributed by atoms with van der Waals surface area (Å²) in [6.07, 6.45) is 5.87. The fourth-order valence-corrected chi connectivity index (χ4v) is 4.68. The zero-order chi connectivity index (χ0) is 17.9. The number of carboxylic acid groups (broad SMARTS) is 1. The number of nitrogens with one attached hydrogen (secondary N) is 1. The molecule has 2 atom stereocenters. The molecule has 0 aromatic carbocycles. The molecule has 24 heavy (non-hydrogen) atoms. The van der Waals surface area contributed by atoms with Crippen molar-refractivity contribution < 1.29 is 19.4 Å². The molecule has 2 saturated carbocycles. The first kappa shape index (κ1) is 19.0. The van der Waals surface area contributed by atoms with Crippen LogP contribution in [0.15, 0.2) is 0 Å². The van der Waals surface area contributed by atoms with Crippen LogP contribution in [0.25, 0.3) is 0 Å². The number of urea groups is 1. The lowest BCUT2D eigenvalue weighted by molar-refractivity contribution is -0.146. The normalized spacial score (nSPS) is 31.8. The highest BCUT2D eigenvalue weighted by Crippen LogP contribution is 2.50.